The first-order valence-electron chi connectivity index (χ1n) is 12.7. The minimum absolute atomic E-state index is 0.118. The Balaban J connectivity index is 1.30. The molecule has 0 radical (unpaired) electrons. The SMILES string of the molecule is CCN1CCN(Cc2nc3ccc(Nc4ncc(Cl)c(Nc5ccccc5C(=O)N(C)C)n4)cc3[nH]2)CC1. The van der Waals surface area contributed by atoms with Crippen LogP contribution in [-0.4, -0.2) is 87.4 Å². The van der Waals surface area contributed by atoms with E-state index in [2.05, 4.69) is 42.3 Å². The molecular formula is C27H32ClN9O. The smallest absolute Gasteiger partial charge is 0.255 e. The lowest BCUT2D eigenvalue weighted by atomic mass is 10.1. The Labute approximate surface area is 227 Å². The van der Waals surface area contributed by atoms with E-state index >= 15 is 0 Å². The number of carbonyl (C=O) groups is 1. The van der Waals surface area contributed by atoms with Gasteiger partial charge in [0.05, 0.1) is 35.0 Å². The number of rotatable bonds is 8. The molecule has 2 aromatic carbocycles. The number of anilines is 4. The van der Waals surface area contributed by atoms with Gasteiger partial charge in [0, 0.05) is 46.0 Å². The number of carbonyl (C=O) groups excluding carboxylic acids is 1. The van der Waals surface area contributed by atoms with Gasteiger partial charge in [-0.1, -0.05) is 30.7 Å². The van der Waals surface area contributed by atoms with Gasteiger partial charge >= 0.3 is 0 Å². The number of hydrogen-bond acceptors (Lipinski definition) is 8. The zero-order chi connectivity index (χ0) is 26.6. The summed E-state index contributed by atoms with van der Waals surface area (Å²) < 4.78 is 0. The zero-order valence-corrected chi connectivity index (χ0v) is 22.6. The number of nitrogens with one attached hydrogen (secondary N) is 3. The molecule has 1 aliphatic rings. The summed E-state index contributed by atoms with van der Waals surface area (Å²) >= 11 is 6.39. The van der Waals surface area contributed by atoms with Crippen molar-refractivity contribution in [2.24, 2.45) is 0 Å². The normalized spacial score (nSPS) is 14.5. The molecular weight excluding hydrogens is 502 g/mol. The van der Waals surface area contributed by atoms with Gasteiger partial charge < -0.3 is 25.4 Å². The number of imidazole rings is 1. The first-order valence-corrected chi connectivity index (χ1v) is 13.1. The Morgan fingerprint density at radius 1 is 1.05 bits per heavy atom. The summed E-state index contributed by atoms with van der Waals surface area (Å²) in [6.07, 6.45) is 1.53. The number of fused-ring (bicyclic) bond motifs is 1. The second kappa shape index (κ2) is 11.3. The van der Waals surface area contributed by atoms with Gasteiger partial charge in [0.25, 0.3) is 5.91 Å². The minimum Gasteiger partial charge on any atom is -0.345 e. The van der Waals surface area contributed by atoms with Gasteiger partial charge in [-0.25, -0.2) is 9.97 Å². The van der Waals surface area contributed by atoms with Crippen LogP contribution in [0, 0.1) is 0 Å². The fourth-order valence-corrected chi connectivity index (χ4v) is 4.62. The van der Waals surface area contributed by atoms with E-state index in [1.54, 1.807) is 20.2 Å². The van der Waals surface area contributed by atoms with E-state index in [-0.39, 0.29) is 5.91 Å². The molecule has 0 saturated carbocycles. The fraction of sp³-hybridized carbons (Fsp3) is 0.333. The largest absolute Gasteiger partial charge is 0.345 e. The number of H-pyrrole nitrogens is 1. The van der Waals surface area contributed by atoms with Crippen molar-refractivity contribution in [2.45, 2.75) is 13.5 Å². The molecule has 11 heteroatoms. The number of benzene rings is 2. The summed E-state index contributed by atoms with van der Waals surface area (Å²) in [6, 6.07) is 13.2. The van der Waals surface area contributed by atoms with Crippen molar-refractivity contribution < 1.29 is 4.79 Å². The summed E-state index contributed by atoms with van der Waals surface area (Å²) in [5.41, 5.74) is 3.82. The highest BCUT2D eigenvalue weighted by atomic mass is 35.5. The molecule has 198 valence electrons. The van der Waals surface area contributed by atoms with Crippen LogP contribution in [-0.2, 0) is 6.54 Å². The summed E-state index contributed by atoms with van der Waals surface area (Å²) in [5, 5.41) is 6.78. The zero-order valence-electron chi connectivity index (χ0n) is 21.8. The molecule has 1 amide bonds. The number of likely N-dealkylation sites (N-methyl/N-ethyl adjacent to an activating group) is 1. The van der Waals surface area contributed by atoms with Crippen molar-refractivity contribution >= 4 is 51.7 Å². The Hall–Kier alpha value is -3.73. The first-order chi connectivity index (χ1) is 18.4. The third-order valence-corrected chi connectivity index (χ3v) is 6.91. The number of amides is 1. The van der Waals surface area contributed by atoms with E-state index in [1.807, 2.05) is 36.4 Å². The van der Waals surface area contributed by atoms with Gasteiger partial charge in [-0.15, -0.1) is 0 Å². The third kappa shape index (κ3) is 5.88. The molecule has 1 saturated heterocycles. The van der Waals surface area contributed by atoms with Crippen LogP contribution in [0.4, 0.5) is 23.1 Å². The molecule has 5 rings (SSSR count). The second-order valence-corrected chi connectivity index (χ2v) is 9.92. The van der Waals surface area contributed by atoms with E-state index in [9.17, 15) is 4.79 Å². The summed E-state index contributed by atoms with van der Waals surface area (Å²) in [6.45, 7) is 8.42. The van der Waals surface area contributed by atoms with Crippen LogP contribution in [0.3, 0.4) is 0 Å². The van der Waals surface area contributed by atoms with Gasteiger partial charge in [0.1, 0.15) is 10.8 Å². The van der Waals surface area contributed by atoms with Crippen LogP contribution in [0.2, 0.25) is 5.02 Å². The number of hydrogen-bond donors (Lipinski definition) is 3. The van der Waals surface area contributed by atoms with E-state index in [1.165, 1.54) is 11.1 Å². The quantitative estimate of drug-likeness (QED) is 0.307. The number of aromatic nitrogens is 4. The van der Waals surface area contributed by atoms with Crippen molar-refractivity contribution in [1.29, 1.82) is 0 Å². The van der Waals surface area contributed by atoms with E-state index < -0.39 is 0 Å². The fourth-order valence-electron chi connectivity index (χ4n) is 4.48. The molecule has 0 atom stereocenters. The maximum atomic E-state index is 12.6. The Bertz CT molecular complexity index is 1430. The van der Waals surface area contributed by atoms with Crippen LogP contribution in [0.25, 0.3) is 11.0 Å². The average Bonchev–Trinajstić information content (AvgIpc) is 3.32. The lowest BCUT2D eigenvalue weighted by molar-refractivity contribution is 0.0828. The monoisotopic (exact) mass is 533 g/mol. The van der Waals surface area contributed by atoms with Crippen LogP contribution in [0.5, 0.6) is 0 Å². The number of halogens is 1. The Morgan fingerprint density at radius 3 is 2.58 bits per heavy atom. The van der Waals surface area contributed by atoms with Gasteiger partial charge in [-0.3, -0.25) is 9.69 Å². The topological polar surface area (TPSA) is 105 Å². The number of piperazine rings is 1. The number of nitrogens with zero attached hydrogens (tertiary/aromatic N) is 6. The van der Waals surface area contributed by atoms with Crippen molar-refractivity contribution in [3.63, 3.8) is 0 Å². The molecule has 0 aliphatic carbocycles. The highest BCUT2D eigenvalue weighted by Crippen LogP contribution is 2.28. The highest BCUT2D eigenvalue weighted by Gasteiger charge is 2.18. The first kappa shape index (κ1) is 25.9. The highest BCUT2D eigenvalue weighted by molar-refractivity contribution is 6.33. The van der Waals surface area contributed by atoms with E-state index in [0.29, 0.717) is 28.0 Å². The van der Waals surface area contributed by atoms with Crippen LogP contribution in [0.1, 0.15) is 23.1 Å². The summed E-state index contributed by atoms with van der Waals surface area (Å²) in [5.74, 6) is 1.62. The van der Waals surface area contributed by atoms with Gasteiger partial charge in [-0.2, -0.15) is 4.98 Å². The Morgan fingerprint density at radius 2 is 1.82 bits per heavy atom. The van der Waals surface area contributed by atoms with Gasteiger partial charge in [-0.05, 0) is 36.9 Å². The molecule has 4 aromatic rings. The van der Waals surface area contributed by atoms with E-state index in [0.717, 1.165) is 61.8 Å². The second-order valence-electron chi connectivity index (χ2n) is 9.51. The van der Waals surface area contributed by atoms with Crippen molar-refractivity contribution in [3.05, 3.63) is 65.1 Å². The third-order valence-electron chi connectivity index (χ3n) is 6.63. The lowest BCUT2D eigenvalue weighted by Crippen LogP contribution is -2.45. The van der Waals surface area contributed by atoms with Gasteiger partial charge in [0.15, 0.2) is 5.82 Å². The predicted molar refractivity (Wildman–Crippen MR) is 152 cm³/mol. The van der Waals surface area contributed by atoms with Crippen molar-refractivity contribution in [1.82, 2.24) is 34.6 Å². The summed E-state index contributed by atoms with van der Waals surface area (Å²) in [7, 11) is 3.43. The molecule has 10 nitrogen and oxygen atoms in total. The molecule has 0 spiro atoms. The minimum atomic E-state index is -0.118. The molecule has 0 bridgehead atoms. The molecule has 0 unspecified atom stereocenters. The number of para-hydroxylation sites is 1. The van der Waals surface area contributed by atoms with Crippen LogP contribution < -0.4 is 10.6 Å². The molecule has 2 aromatic heterocycles. The van der Waals surface area contributed by atoms with Crippen molar-refractivity contribution in [2.75, 3.05) is 57.5 Å². The Kier molecular flexibility index (Phi) is 7.73. The molecule has 1 fully saturated rings. The maximum absolute atomic E-state index is 12.6. The molecule has 38 heavy (non-hydrogen) atoms. The van der Waals surface area contributed by atoms with Crippen LogP contribution in [0.15, 0.2) is 48.7 Å². The molecule has 1 aliphatic heterocycles. The summed E-state index contributed by atoms with van der Waals surface area (Å²) in [4.78, 5) is 36.1. The lowest BCUT2D eigenvalue weighted by Gasteiger charge is -2.33. The maximum Gasteiger partial charge on any atom is 0.255 e. The molecule has 3 heterocycles. The van der Waals surface area contributed by atoms with E-state index in [4.69, 9.17) is 16.6 Å². The molecule has 3 N–H and O–H groups in total. The predicted octanol–water partition coefficient (Wildman–Crippen LogP) is 4.33. The standard InChI is InChI=1S/C27H32ClN9O/c1-4-36-11-13-37(14-12-36)17-24-31-22-10-9-18(15-23(22)32-24)30-27-29-16-20(28)25(34-27)33-21-8-6-5-7-19(21)26(38)35(2)3/h5-10,15-16H,4,11-14,17H2,1-3H3,(H,31,32)(H2,29,30,33,34). The van der Waals surface area contributed by atoms with Crippen LogP contribution >= 0.6 is 11.6 Å². The average molecular weight is 534 g/mol. The number of aromatic amines is 1. The van der Waals surface area contributed by atoms with Crippen molar-refractivity contribution in [3.8, 4) is 0 Å². The van der Waals surface area contributed by atoms with Gasteiger partial charge in [0.2, 0.25) is 5.95 Å².